The minimum absolute atomic E-state index is 0.0150. The number of guanidine groups is 2. The van der Waals surface area contributed by atoms with Crippen LogP contribution >= 0.6 is 0 Å². The smallest absolute Gasteiger partial charge is 0.326 e. The molecule has 17 N–H and O–H groups in total. The van der Waals surface area contributed by atoms with E-state index in [1.165, 1.54) is 14.7 Å². The summed E-state index contributed by atoms with van der Waals surface area (Å²) in [5.41, 5.74) is 29.8. The topological polar surface area (TPSA) is 428 Å². The van der Waals surface area contributed by atoms with Crippen LogP contribution in [-0.2, 0) is 67.2 Å². The molecule has 0 unspecified atom stereocenters. The molecule has 3 aliphatic rings. The summed E-state index contributed by atoms with van der Waals surface area (Å²) in [6, 6.07) is 16.7. The number of amides is 9. The van der Waals surface area contributed by atoms with E-state index < -0.39 is 108 Å². The molecule has 8 atom stereocenters. The lowest BCUT2D eigenvalue weighted by atomic mass is 9.98. The highest BCUT2D eigenvalue weighted by Gasteiger charge is 2.44. The van der Waals surface area contributed by atoms with Crippen molar-refractivity contribution in [1.82, 2.24) is 46.6 Å². The molecule has 3 aromatic carbocycles. The van der Waals surface area contributed by atoms with Gasteiger partial charge in [-0.2, -0.15) is 0 Å². The number of aliphatic carboxylic acids is 1. The Balaban J connectivity index is 1.21. The van der Waals surface area contributed by atoms with Crippen LogP contribution in [0.15, 0.2) is 101 Å². The largest absolute Gasteiger partial charge is 0.480 e. The Bertz CT molecular complexity index is 2890. The number of nitrogens with two attached hydrogens (primary N) is 5. The van der Waals surface area contributed by atoms with Crippen molar-refractivity contribution >= 4 is 71.1 Å². The van der Waals surface area contributed by atoms with Crippen molar-refractivity contribution in [3.8, 4) is 0 Å². The second-order valence-electron chi connectivity index (χ2n) is 22.0. The molecule has 0 spiro atoms. The van der Waals surface area contributed by atoms with E-state index in [0.717, 1.165) is 0 Å². The molecule has 3 aliphatic heterocycles. The van der Waals surface area contributed by atoms with Crippen molar-refractivity contribution in [2.24, 2.45) is 38.7 Å². The fourth-order valence-electron chi connectivity index (χ4n) is 10.9. The third-order valence-electron chi connectivity index (χ3n) is 15.4. The average Bonchev–Trinajstić information content (AvgIpc) is 4.26. The van der Waals surface area contributed by atoms with Gasteiger partial charge >= 0.3 is 5.97 Å². The van der Waals surface area contributed by atoms with Gasteiger partial charge in [-0.15, -0.1) is 0 Å². The minimum atomic E-state index is -1.43. The van der Waals surface area contributed by atoms with Gasteiger partial charge in [0.25, 0.3) is 0 Å². The van der Waals surface area contributed by atoms with Crippen LogP contribution in [-0.4, -0.2) is 185 Å². The van der Waals surface area contributed by atoms with Gasteiger partial charge in [0, 0.05) is 65.0 Å². The standard InChI is InChI=1S/C60H84N16O11/c61-41(22-12-29-67-59(62)63)55(83)75-32-15-26-47(75)57(85)74-31-14-25-46(74)53(81)69-37-50(78)70-44(34-38-16-4-1-5-17-38)52(80)71-42-23-10-11-28-66-49(77)27-33-76(56(84)45(73-51(42)79)35-39-18-6-2-7-19-39)48(36-40-20-8-3-9-21-40)54(82)72-43(58(86)87)24-13-30-68-60(64)65/h1-9,16-21,41-48H,10-15,22-37,61H2,(H,66,77)(H,69,81)(H,70,78)(H,71,80)(H,72,82)(H,73,79)(H,86,87)(H4,62,63,67)(H4,64,65,68)/t41-,42-,43-,44-,45+,46-,47-,48-/m0/s1. The molecule has 9 amide bonds. The molecule has 27 heteroatoms. The van der Waals surface area contributed by atoms with Gasteiger partial charge in [0.2, 0.25) is 53.2 Å². The van der Waals surface area contributed by atoms with Gasteiger partial charge < -0.3 is 80.4 Å². The molecule has 6 rings (SSSR count). The van der Waals surface area contributed by atoms with Crippen LogP contribution in [0.1, 0.15) is 93.7 Å². The highest BCUT2D eigenvalue weighted by molar-refractivity contribution is 5.98. The molecular formula is C60H84N16O11. The maximum absolute atomic E-state index is 15.4. The molecule has 27 nitrogen and oxygen atoms in total. The first-order chi connectivity index (χ1) is 41.8. The number of hydrogen-bond donors (Lipinski definition) is 12. The molecule has 0 radical (unpaired) electrons. The summed E-state index contributed by atoms with van der Waals surface area (Å²) in [7, 11) is 0. The van der Waals surface area contributed by atoms with Crippen molar-refractivity contribution in [3.05, 3.63) is 108 Å². The third-order valence-corrected chi connectivity index (χ3v) is 15.4. The number of hydrogen-bond acceptors (Lipinski definition) is 13. The lowest BCUT2D eigenvalue weighted by Gasteiger charge is -2.35. The van der Waals surface area contributed by atoms with Crippen molar-refractivity contribution in [1.29, 1.82) is 0 Å². The number of aliphatic imine (C=N–C) groups is 2. The highest BCUT2D eigenvalue weighted by Crippen LogP contribution is 2.26. The van der Waals surface area contributed by atoms with E-state index in [4.69, 9.17) is 28.7 Å². The maximum atomic E-state index is 15.4. The predicted octanol–water partition coefficient (Wildman–Crippen LogP) is -1.84. The van der Waals surface area contributed by atoms with Gasteiger partial charge in [0.1, 0.15) is 42.3 Å². The van der Waals surface area contributed by atoms with Gasteiger partial charge in [-0.1, -0.05) is 91.0 Å². The van der Waals surface area contributed by atoms with Crippen LogP contribution in [0.5, 0.6) is 0 Å². The quantitative estimate of drug-likeness (QED) is 0.0239. The van der Waals surface area contributed by atoms with Crippen LogP contribution in [0.3, 0.4) is 0 Å². The van der Waals surface area contributed by atoms with E-state index in [1.54, 1.807) is 91.0 Å². The number of carboxylic acids is 1. The molecule has 0 saturated carbocycles. The average molecular weight is 1210 g/mol. The fraction of sp³-hybridized carbons (Fsp3) is 0.500. The van der Waals surface area contributed by atoms with Crippen molar-refractivity contribution in [2.45, 2.75) is 145 Å². The predicted molar refractivity (Wildman–Crippen MR) is 323 cm³/mol. The number of nitrogens with one attached hydrogen (secondary N) is 6. The van der Waals surface area contributed by atoms with E-state index in [-0.39, 0.29) is 95.5 Å². The number of benzene rings is 3. The minimum Gasteiger partial charge on any atom is -0.480 e. The van der Waals surface area contributed by atoms with Gasteiger partial charge in [-0.25, -0.2) is 4.79 Å². The Kier molecular flexibility index (Phi) is 26.3. The third kappa shape index (κ3) is 21.1. The molecule has 3 fully saturated rings. The van der Waals surface area contributed by atoms with Gasteiger partial charge in [0.15, 0.2) is 11.9 Å². The molecule has 3 aromatic rings. The Labute approximate surface area is 505 Å². The first kappa shape index (κ1) is 67.0. The molecular weight excluding hydrogens is 1120 g/mol. The normalized spacial score (nSPS) is 19.8. The van der Waals surface area contributed by atoms with Gasteiger partial charge in [0.05, 0.1) is 12.6 Å². The summed E-state index contributed by atoms with van der Waals surface area (Å²) in [5.74, 6) is -7.36. The summed E-state index contributed by atoms with van der Waals surface area (Å²) in [5, 5.41) is 26.7. The fourth-order valence-corrected chi connectivity index (χ4v) is 10.9. The van der Waals surface area contributed by atoms with Crippen molar-refractivity contribution < 1.29 is 53.1 Å². The summed E-state index contributed by atoms with van der Waals surface area (Å²) in [6.07, 6.45) is 2.74. The van der Waals surface area contributed by atoms with E-state index in [0.29, 0.717) is 74.6 Å². The number of nitrogens with zero attached hydrogens (tertiary/aromatic N) is 5. The molecule has 3 heterocycles. The van der Waals surface area contributed by atoms with E-state index >= 15 is 4.79 Å². The first-order valence-corrected chi connectivity index (χ1v) is 29.7. The Morgan fingerprint density at radius 3 is 1.86 bits per heavy atom. The molecule has 0 aromatic heterocycles. The summed E-state index contributed by atoms with van der Waals surface area (Å²) < 4.78 is 0. The second kappa shape index (κ2) is 34.1. The summed E-state index contributed by atoms with van der Waals surface area (Å²) in [4.78, 5) is 153. The Morgan fingerprint density at radius 2 is 1.24 bits per heavy atom. The van der Waals surface area contributed by atoms with Crippen LogP contribution in [0.25, 0.3) is 0 Å². The lowest BCUT2D eigenvalue weighted by molar-refractivity contribution is -0.147. The second-order valence-corrected chi connectivity index (χ2v) is 22.0. The molecule has 0 bridgehead atoms. The maximum Gasteiger partial charge on any atom is 0.326 e. The lowest BCUT2D eigenvalue weighted by Crippen LogP contribution is -2.61. The Hall–Kier alpha value is -9.14. The molecule has 87 heavy (non-hydrogen) atoms. The summed E-state index contributed by atoms with van der Waals surface area (Å²) >= 11 is 0. The number of likely N-dealkylation sites (tertiary alicyclic amines) is 2. The van der Waals surface area contributed by atoms with E-state index in [1.807, 2.05) is 0 Å². The van der Waals surface area contributed by atoms with Gasteiger partial charge in [-0.3, -0.25) is 53.1 Å². The van der Waals surface area contributed by atoms with Crippen LogP contribution in [0.4, 0.5) is 0 Å². The highest BCUT2D eigenvalue weighted by atomic mass is 16.4. The SMILES string of the molecule is NC(N)=NCCC[C@H](NC(=O)[C@H](Cc1ccccc1)N1CCC(=O)NCCCC[C@H](NC(=O)[C@H](Cc2ccccc2)NC(=O)CNC(=O)[C@@H]2CCCN2C(=O)[C@@H]2CCCN2C(=O)[C@@H](N)CCCN=C(N)N)C(=O)N[C@H](Cc2ccccc2)C1=O)C(=O)O. The number of carbonyl (C=O) groups excluding carboxylic acids is 9. The van der Waals surface area contributed by atoms with Gasteiger partial charge in [-0.05, 0) is 87.3 Å². The zero-order valence-electron chi connectivity index (χ0n) is 49.0. The zero-order valence-corrected chi connectivity index (χ0v) is 49.0. The number of carbonyl (C=O) groups is 10. The molecule has 0 aliphatic carbocycles. The summed E-state index contributed by atoms with van der Waals surface area (Å²) in [6.45, 7) is 0.187. The van der Waals surface area contributed by atoms with Crippen LogP contribution in [0, 0.1) is 0 Å². The van der Waals surface area contributed by atoms with E-state index in [9.17, 15) is 48.3 Å². The molecule has 3 saturated heterocycles. The number of carboxylic acid groups (broad SMARTS) is 1. The molecule has 470 valence electrons. The van der Waals surface area contributed by atoms with Crippen molar-refractivity contribution in [3.63, 3.8) is 0 Å². The Morgan fingerprint density at radius 1 is 0.655 bits per heavy atom. The monoisotopic (exact) mass is 1200 g/mol. The first-order valence-electron chi connectivity index (χ1n) is 29.7. The number of rotatable bonds is 26. The van der Waals surface area contributed by atoms with Crippen molar-refractivity contribution in [2.75, 3.05) is 45.8 Å². The van der Waals surface area contributed by atoms with Crippen LogP contribution in [0.2, 0.25) is 0 Å². The van der Waals surface area contributed by atoms with Crippen LogP contribution < -0.4 is 60.6 Å². The zero-order chi connectivity index (χ0) is 62.8. The van der Waals surface area contributed by atoms with E-state index in [2.05, 4.69) is 41.9 Å².